The van der Waals surface area contributed by atoms with E-state index in [1.54, 1.807) is 19.5 Å². The van der Waals surface area contributed by atoms with Gasteiger partial charge < -0.3 is 34.2 Å². The summed E-state index contributed by atoms with van der Waals surface area (Å²) in [6.07, 6.45) is 5.97. The van der Waals surface area contributed by atoms with Gasteiger partial charge in [0, 0.05) is 92.6 Å². The minimum Gasteiger partial charge on any atom is -0.492 e. The number of piperazine rings is 1. The number of rotatable bonds is 14. The Balaban J connectivity index is 0.801. The minimum absolute atomic E-state index is 0.190. The lowest BCUT2D eigenvalue weighted by molar-refractivity contribution is -0.135. The summed E-state index contributed by atoms with van der Waals surface area (Å²) in [7, 11) is -2.74. The van der Waals surface area contributed by atoms with Gasteiger partial charge in [-0.1, -0.05) is 19.1 Å². The van der Waals surface area contributed by atoms with Gasteiger partial charge in [-0.3, -0.25) is 29.4 Å². The van der Waals surface area contributed by atoms with Gasteiger partial charge in [0.1, 0.15) is 24.8 Å². The first-order valence-electron chi connectivity index (χ1n) is 23.3. The SMILES string of the molecule is CCOc1cc(N2CCC(N3CCN(CCc4ccc5c(c4)oc(=O)n5C4CCC(=O)NC4=O)CC3)CC2)c(C)cc1Nc1ncc(Br)c(Nc2ccc3nc(CC)ccc3c2P(C)(C)=O)n1. The molecule has 18 heteroatoms. The molecule has 6 aromatic rings. The number of fused-ring (bicyclic) bond motifs is 2. The molecule has 3 aliphatic heterocycles. The highest BCUT2D eigenvalue weighted by Crippen LogP contribution is 2.42. The van der Waals surface area contributed by atoms with Gasteiger partial charge in [0.2, 0.25) is 17.8 Å². The van der Waals surface area contributed by atoms with Crippen LogP contribution >= 0.6 is 23.1 Å². The van der Waals surface area contributed by atoms with Crippen LogP contribution in [0.25, 0.3) is 22.0 Å². The number of nitrogens with one attached hydrogen (secondary N) is 3. The van der Waals surface area contributed by atoms with Crippen LogP contribution in [0, 0.1) is 6.92 Å². The first-order valence-corrected chi connectivity index (χ1v) is 26.7. The van der Waals surface area contributed by atoms with Gasteiger partial charge in [0.25, 0.3) is 0 Å². The van der Waals surface area contributed by atoms with Gasteiger partial charge in [-0.15, -0.1) is 0 Å². The molecule has 0 radical (unpaired) electrons. The molecule has 3 N–H and O–H groups in total. The van der Waals surface area contributed by atoms with E-state index in [0.29, 0.717) is 45.7 Å². The van der Waals surface area contributed by atoms with Crippen LogP contribution in [0.4, 0.5) is 28.8 Å². The Bertz CT molecular complexity index is 2950. The standard InChI is InChI=1S/C49H58BrN10O6P/c1-6-32-9-10-34-36(52-32)11-12-37(45(34)67(4,5)64)53-46-35(50)29-51-48(56-46)54-38-26-30(3)41(28-42(38)65-7-2)59-20-17-33(18-21-59)58-24-22-57(23-25-58)19-16-31-8-13-39-43(27-31)66-49(63)60(39)40-14-15-44(61)55-47(40)62/h8-13,26-29,33,40H,6-7,14-25H2,1-5H3,(H,55,61,62)(H2,51,53,54,56). The number of hydrogen-bond acceptors (Lipinski definition) is 14. The molecule has 67 heavy (non-hydrogen) atoms. The van der Waals surface area contributed by atoms with E-state index in [0.717, 1.165) is 122 Å². The number of ether oxygens (including phenoxy) is 1. The number of carbonyl (C=O) groups excluding carboxylic acids is 2. The second-order valence-corrected chi connectivity index (χ2v) is 22.1. The molecule has 0 aliphatic carbocycles. The minimum atomic E-state index is -2.74. The second kappa shape index (κ2) is 19.5. The smallest absolute Gasteiger partial charge is 0.420 e. The van der Waals surface area contributed by atoms with E-state index in [1.807, 2.05) is 49.4 Å². The normalized spacial score (nSPS) is 17.9. The average molecular weight is 994 g/mol. The quantitative estimate of drug-likeness (QED) is 0.0721. The maximum absolute atomic E-state index is 13.7. The third kappa shape index (κ3) is 10.0. The molecule has 3 saturated heterocycles. The summed E-state index contributed by atoms with van der Waals surface area (Å²) in [5, 5.41) is 10.8. The Labute approximate surface area is 398 Å². The number of pyridine rings is 1. The van der Waals surface area contributed by atoms with Crippen molar-refractivity contribution >= 4 is 91.0 Å². The Morgan fingerprint density at radius 1 is 0.910 bits per heavy atom. The Morgan fingerprint density at radius 2 is 1.70 bits per heavy atom. The number of halogens is 1. The Kier molecular flexibility index (Phi) is 13.6. The number of oxazole rings is 1. The van der Waals surface area contributed by atoms with Crippen LogP contribution in [0.15, 0.2) is 74.5 Å². The molecular formula is C49H58BrN10O6P. The number of anilines is 5. The fraction of sp³-hybridized carbons (Fsp3) is 0.429. The molecule has 16 nitrogen and oxygen atoms in total. The topological polar surface area (TPSA) is 180 Å². The third-order valence-electron chi connectivity index (χ3n) is 13.3. The Hall–Kier alpha value is -5.61. The molecule has 9 rings (SSSR count). The van der Waals surface area contributed by atoms with Crippen molar-refractivity contribution in [3.8, 4) is 5.75 Å². The lowest BCUT2D eigenvalue weighted by Crippen LogP contribution is -2.53. The summed E-state index contributed by atoms with van der Waals surface area (Å²) >= 11 is 3.63. The van der Waals surface area contributed by atoms with Crippen LogP contribution in [0.1, 0.15) is 62.4 Å². The maximum Gasteiger partial charge on any atom is 0.420 e. The molecule has 0 spiro atoms. The zero-order valence-corrected chi connectivity index (χ0v) is 41.2. The van der Waals surface area contributed by atoms with Crippen molar-refractivity contribution in [2.45, 2.75) is 71.4 Å². The molecule has 1 unspecified atom stereocenters. The molecule has 352 valence electrons. The first-order chi connectivity index (χ1) is 32.3. The van der Waals surface area contributed by atoms with E-state index in [9.17, 15) is 18.9 Å². The van der Waals surface area contributed by atoms with E-state index in [-0.39, 0.29) is 18.7 Å². The Morgan fingerprint density at radius 3 is 2.43 bits per heavy atom. The number of amides is 2. The molecule has 6 heterocycles. The number of imide groups is 1. The fourth-order valence-electron chi connectivity index (χ4n) is 9.83. The van der Waals surface area contributed by atoms with Gasteiger partial charge in [0.05, 0.1) is 33.5 Å². The molecule has 0 bridgehead atoms. The molecule has 0 saturated carbocycles. The predicted octanol–water partition coefficient (Wildman–Crippen LogP) is 7.51. The van der Waals surface area contributed by atoms with E-state index < -0.39 is 24.8 Å². The summed E-state index contributed by atoms with van der Waals surface area (Å²) in [5.74, 6) is 0.283. The van der Waals surface area contributed by atoms with Crippen molar-refractivity contribution in [1.29, 1.82) is 0 Å². The van der Waals surface area contributed by atoms with Gasteiger partial charge in [-0.2, -0.15) is 4.98 Å². The number of aromatic nitrogens is 4. The molecule has 2 amide bonds. The van der Waals surface area contributed by atoms with Gasteiger partial charge >= 0.3 is 5.76 Å². The predicted molar refractivity (Wildman–Crippen MR) is 268 cm³/mol. The van der Waals surface area contributed by atoms with E-state index in [1.165, 1.54) is 4.57 Å². The number of piperidine rings is 2. The second-order valence-electron chi connectivity index (χ2n) is 18.1. The average Bonchev–Trinajstić information content (AvgIpc) is 3.64. The largest absolute Gasteiger partial charge is 0.492 e. The van der Waals surface area contributed by atoms with Crippen LogP contribution < -0.4 is 36.6 Å². The van der Waals surface area contributed by atoms with Crippen molar-refractivity contribution < 1.29 is 23.3 Å². The monoisotopic (exact) mass is 992 g/mol. The zero-order valence-electron chi connectivity index (χ0n) is 38.7. The van der Waals surface area contributed by atoms with E-state index in [2.05, 4.69) is 77.5 Å². The summed E-state index contributed by atoms with van der Waals surface area (Å²) in [6, 6.07) is 17.7. The first kappa shape index (κ1) is 46.5. The maximum atomic E-state index is 13.7. The highest BCUT2D eigenvalue weighted by atomic mass is 79.9. The molecule has 3 fully saturated rings. The molecular weight excluding hydrogens is 935 g/mol. The number of hydrogen-bond donors (Lipinski definition) is 3. The van der Waals surface area contributed by atoms with E-state index >= 15 is 0 Å². The van der Waals surface area contributed by atoms with Crippen LogP contribution in [-0.4, -0.2) is 113 Å². The third-order valence-corrected chi connectivity index (χ3v) is 15.4. The number of benzene rings is 3. The number of aryl methyl sites for hydroxylation is 2. The lowest BCUT2D eigenvalue weighted by Gasteiger charge is -2.43. The fourth-order valence-corrected chi connectivity index (χ4v) is 11.6. The van der Waals surface area contributed by atoms with Crippen LogP contribution in [-0.2, 0) is 27.0 Å². The van der Waals surface area contributed by atoms with Crippen molar-refractivity contribution in [3.05, 3.63) is 92.6 Å². The van der Waals surface area contributed by atoms with Gasteiger partial charge in [-0.25, -0.2) is 9.78 Å². The lowest BCUT2D eigenvalue weighted by atomic mass is 10.00. The highest BCUT2D eigenvalue weighted by molar-refractivity contribution is 9.10. The van der Waals surface area contributed by atoms with Crippen molar-refractivity contribution in [2.24, 2.45) is 0 Å². The number of nitrogens with zero attached hydrogens (tertiary/aromatic N) is 7. The van der Waals surface area contributed by atoms with Crippen molar-refractivity contribution in [3.63, 3.8) is 0 Å². The van der Waals surface area contributed by atoms with Gasteiger partial charge in [0.15, 0.2) is 5.58 Å². The zero-order chi connectivity index (χ0) is 47.0. The molecule has 3 aliphatic rings. The summed E-state index contributed by atoms with van der Waals surface area (Å²) in [6.45, 7) is 17.1. The van der Waals surface area contributed by atoms with Crippen LogP contribution in [0.2, 0.25) is 0 Å². The highest BCUT2D eigenvalue weighted by Gasteiger charge is 2.32. The van der Waals surface area contributed by atoms with Crippen molar-refractivity contribution in [1.82, 2.24) is 34.6 Å². The van der Waals surface area contributed by atoms with E-state index in [4.69, 9.17) is 19.1 Å². The summed E-state index contributed by atoms with van der Waals surface area (Å²) in [4.78, 5) is 58.8. The van der Waals surface area contributed by atoms with Crippen LogP contribution in [0.3, 0.4) is 0 Å². The summed E-state index contributed by atoms with van der Waals surface area (Å²) in [5.41, 5.74) is 7.68. The van der Waals surface area contributed by atoms with Crippen molar-refractivity contribution in [2.75, 3.05) is 81.3 Å². The number of carbonyl (C=O) groups is 2. The van der Waals surface area contributed by atoms with Crippen LogP contribution in [0.5, 0.6) is 5.75 Å². The molecule has 3 aromatic heterocycles. The summed E-state index contributed by atoms with van der Waals surface area (Å²) < 4.78 is 27.6. The molecule has 3 aromatic carbocycles. The molecule has 1 atom stereocenters. The van der Waals surface area contributed by atoms with Gasteiger partial charge in [-0.05, 0) is 123 Å².